The molecular formula is C25H38N2O5S. The largest absolute Gasteiger partial charge is 0.455 e. The van der Waals surface area contributed by atoms with Gasteiger partial charge in [0.1, 0.15) is 0 Å². The van der Waals surface area contributed by atoms with Gasteiger partial charge in [-0.3, -0.25) is 9.59 Å². The Hall–Kier alpha value is -1.93. The zero-order valence-corrected chi connectivity index (χ0v) is 21.2. The first-order chi connectivity index (χ1) is 15.6. The number of amides is 1. The fourth-order valence-corrected chi connectivity index (χ4v) is 7.02. The minimum atomic E-state index is -3.65. The average molecular weight is 479 g/mol. The molecule has 1 saturated heterocycles. The molecule has 0 atom stereocenters. The number of ether oxygens (including phenoxy) is 1. The van der Waals surface area contributed by atoms with Crippen LogP contribution in [0.4, 0.5) is 0 Å². The van der Waals surface area contributed by atoms with Crippen LogP contribution in [0.3, 0.4) is 0 Å². The number of carbonyl (C=O) groups is 2. The molecule has 0 radical (unpaired) electrons. The third-order valence-corrected chi connectivity index (χ3v) is 9.42. The molecule has 1 heterocycles. The van der Waals surface area contributed by atoms with Crippen LogP contribution in [0.15, 0.2) is 11.0 Å². The van der Waals surface area contributed by atoms with E-state index in [0.717, 1.165) is 47.9 Å². The van der Waals surface area contributed by atoms with Crippen molar-refractivity contribution in [3.8, 4) is 0 Å². The van der Waals surface area contributed by atoms with Crippen LogP contribution in [-0.4, -0.2) is 50.3 Å². The first-order valence-corrected chi connectivity index (χ1v) is 13.6. The van der Waals surface area contributed by atoms with Gasteiger partial charge in [0.05, 0.1) is 10.8 Å². The van der Waals surface area contributed by atoms with E-state index in [1.54, 1.807) is 0 Å². The molecule has 1 aromatic carbocycles. The lowest BCUT2D eigenvalue weighted by Crippen LogP contribution is -2.42. The monoisotopic (exact) mass is 478 g/mol. The molecular weight excluding hydrogens is 440 g/mol. The van der Waals surface area contributed by atoms with Gasteiger partial charge < -0.3 is 10.1 Å². The summed E-state index contributed by atoms with van der Waals surface area (Å²) >= 11 is 0. The van der Waals surface area contributed by atoms with E-state index < -0.39 is 16.0 Å². The first kappa shape index (κ1) is 25.7. The van der Waals surface area contributed by atoms with Gasteiger partial charge in [0.25, 0.3) is 5.91 Å². The maximum absolute atomic E-state index is 13.4. The summed E-state index contributed by atoms with van der Waals surface area (Å²) in [5.74, 6) is -1.05. The van der Waals surface area contributed by atoms with E-state index in [2.05, 4.69) is 5.32 Å². The highest BCUT2D eigenvalue weighted by atomic mass is 32.2. The van der Waals surface area contributed by atoms with E-state index in [-0.39, 0.29) is 37.6 Å². The van der Waals surface area contributed by atoms with E-state index in [1.165, 1.54) is 17.1 Å². The van der Waals surface area contributed by atoms with Crippen LogP contribution >= 0.6 is 0 Å². The molecule has 0 bridgehead atoms. The standard InChI is InChI=1S/C25H38N2O5S/c1-17-15-18(2)20(4)24(19(17)3)33(30,31)27-13-11-21(12-14-27)25(29)32-16-23(28)26-22-9-7-5-6-8-10-22/h15,21-22H,5-14,16H2,1-4H3,(H,26,28). The van der Waals surface area contributed by atoms with E-state index in [9.17, 15) is 18.0 Å². The molecule has 0 aromatic heterocycles. The number of benzene rings is 1. The summed E-state index contributed by atoms with van der Waals surface area (Å²) in [6, 6.07) is 2.18. The molecule has 2 fully saturated rings. The fraction of sp³-hybridized carbons (Fsp3) is 0.680. The summed E-state index contributed by atoms with van der Waals surface area (Å²) in [6.07, 6.45) is 7.39. The predicted octanol–water partition coefficient (Wildman–Crippen LogP) is 3.70. The van der Waals surface area contributed by atoms with Crippen LogP contribution in [0.1, 0.15) is 73.6 Å². The second kappa shape index (κ2) is 11.0. The number of hydrogen-bond donors (Lipinski definition) is 1. The maximum Gasteiger partial charge on any atom is 0.309 e. The molecule has 2 aliphatic rings. The number of carbonyl (C=O) groups excluding carboxylic acids is 2. The molecule has 7 nitrogen and oxygen atoms in total. The molecule has 184 valence electrons. The zero-order valence-electron chi connectivity index (χ0n) is 20.4. The van der Waals surface area contributed by atoms with Gasteiger partial charge in [0.2, 0.25) is 10.0 Å². The quantitative estimate of drug-likeness (QED) is 0.497. The molecule has 1 amide bonds. The van der Waals surface area contributed by atoms with Gasteiger partial charge in [-0.2, -0.15) is 4.31 Å². The highest BCUT2D eigenvalue weighted by Crippen LogP contribution is 2.31. The lowest BCUT2D eigenvalue weighted by Gasteiger charge is -2.31. The van der Waals surface area contributed by atoms with Gasteiger partial charge >= 0.3 is 5.97 Å². The molecule has 3 rings (SSSR count). The molecule has 8 heteroatoms. The van der Waals surface area contributed by atoms with Crippen molar-refractivity contribution in [3.63, 3.8) is 0 Å². The number of piperidine rings is 1. The Bertz CT molecular complexity index is 947. The Morgan fingerprint density at radius 3 is 2.03 bits per heavy atom. The van der Waals surface area contributed by atoms with Crippen LogP contribution in [0.2, 0.25) is 0 Å². The van der Waals surface area contributed by atoms with Crippen LogP contribution in [0.25, 0.3) is 0 Å². The summed E-state index contributed by atoms with van der Waals surface area (Å²) in [5.41, 5.74) is 3.47. The predicted molar refractivity (Wildman–Crippen MR) is 127 cm³/mol. The van der Waals surface area contributed by atoms with Crippen molar-refractivity contribution in [2.75, 3.05) is 19.7 Å². The van der Waals surface area contributed by atoms with Crippen molar-refractivity contribution in [1.29, 1.82) is 0 Å². The van der Waals surface area contributed by atoms with Crippen LogP contribution in [0, 0.1) is 33.6 Å². The molecule has 0 spiro atoms. The Kier molecular flexibility index (Phi) is 8.56. The number of hydrogen-bond acceptors (Lipinski definition) is 5. The normalized spacial score (nSPS) is 19.2. The van der Waals surface area contributed by atoms with Gasteiger partial charge in [-0.05, 0) is 75.6 Å². The van der Waals surface area contributed by atoms with Crippen molar-refractivity contribution >= 4 is 21.9 Å². The molecule has 1 aromatic rings. The first-order valence-electron chi connectivity index (χ1n) is 12.1. The molecule has 33 heavy (non-hydrogen) atoms. The molecule has 1 saturated carbocycles. The molecule has 0 unspecified atom stereocenters. The lowest BCUT2D eigenvalue weighted by atomic mass is 9.98. The van der Waals surface area contributed by atoms with Gasteiger partial charge in [0.15, 0.2) is 6.61 Å². The minimum absolute atomic E-state index is 0.171. The second-order valence-corrected chi connectivity index (χ2v) is 11.5. The maximum atomic E-state index is 13.4. The number of nitrogens with zero attached hydrogens (tertiary/aromatic N) is 1. The SMILES string of the molecule is Cc1cc(C)c(C)c(S(=O)(=O)N2CCC(C(=O)OCC(=O)NC3CCCCCC3)CC2)c1C. The zero-order chi connectivity index (χ0) is 24.2. The summed E-state index contributed by atoms with van der Waals surface area (Å²) < 4.78 is 33.5. The molecule has 1 aliphatic carbocycles. The second-order valence-electron chi connectivity index (χ2n) is 9.63. The Morgan fingerprint density at radius 2 is 1.48 bits per heavy atom. The van der Waals surface area contributed by atoms with Crippen LogP contribution in [0.5, 0.6) is 0 Å². The lowest BCUT2D eigenvalue weighted by molar-refractivity contribution is -0.153. The van der Waals surface area contributed by atoms with Gasteiger partial charge in [-0.25, -0.2) is 8.42 Å². The van der Waals surface area contributed by atoms with Crippen molar-refractivity contribution < 1.29 is 22.7 Å². The van der Waals surface area contributed by atoms with Crippen molar-refractivity contribution in [2.45, 2.75) is 90.0 Å². The average Bonchev–Trinajstić information content (AvgIpc) is 3.05. The Labute approximate surface area is 198 Å². The number of aryl methyl sites for hydroxylation is 2. The van der Waals surface area contributed by atoms with Gasteiger partial charge in [-0.15, -0.1) is 0 Å². The highest BCUT2D eigenvalue weighted by molar-refractivity contribution is 7.89. The smallest absolute Gasteiger partial charge is 0.309 e. The van der Waals surface area contributed by atoms with E-state index in [1.807, 2.05) is 33.8 Å². The summed E-state index contributed by atoms with van der Waals surface area (Å²) in [6.45, 7) is 7.81. The van der Waals surface area contributed by atoms with Crippen molar-refractivity contribution in [1.82, 2.24) is 9.62 Å². The fourth-order valence-electron chi connectivity index (χ4n) is 4.98. The number of sulfonamides is 1. The molecule has 1 N–H and O–H groups in total. The molecule has 1 aliphatic heterocycles. The third kappa shape index (κ3) is 6.15. The van der Waals surface area contributed by atoms with Gasteiger partial charge in [-0.1, -0.05) is 31.7 Å². The number of nitrogens with one attached hydrogen (secondary N) is 1. The Morgan fingerprint density at radius 1 is 0.939 bits per heavy atom. The Balaban J connectivity index is 1.53. The van der Waals surface area contributed by atoms with Gasteiger partial charge in [0, 0.05) is 19.1 Å². The van der Waals surface area contributed by atoms with Crippen LogP contribution < -0.4 is 5.32 Å². The van der Waals surface area contributed by atoms with Crippen molar-refractivity contribution in [3.05, 3.63) is 28.3 Å². The van der Waals surface area contributed by atoms with Crippen LogP contribution in [-0.2, 0) is 24.3 Å². The topological polar surface area (TPSA) is 92.8 Å². The van der Waals surface area contributed by atoms with E-state index in [4.69, 9.17) is 4.74 Å². The summed E-state index contributed by atoms with van der Waals surface area (Å²) in [5, 5.41) is 2.98. The van der Waals surface area contributed by atoms with E-state index >= 15 is 0 Å². The number of esters is 1. The minimum Gasteiger partial charge on any atom is -0.455 e. The third-order valence-electron chi connectivity index (χ3n) is 7.25. The number of rotatable bonds is 6. The van der Waals surface area contributed by atoms with Crippen molar-refractivity contribution in [2.24, 2.45) is 5.92 Å². The summed E-state index contributed by atoms with van der Waals surface area (Å²) in [4.78, 5) is 25.1. The highest BCUT2D eigenvalue weighted by Gasteiger charge is 2.35. The van der Waals surface area contributed by atoms with E-state index in [0.29, 0.717) is 17.7 Å². The summed E-state index contributed by atoms with van der Waals surface area (Å²) in [7, 11) is -3.65.